The molecule has 0 atom stereocenters. The number of amides is 2. The van der Waals surface area contributed by atoms with Gasteiger partial charge in [-0.05, 0) is 39.5 Å². The van der Waals surface area contributed by atoms with Crippen molar-refractivity contribution < 1.29 is 19.5 Å². The summed E-state index contributed by atoms with van der Waals surface area (Å²) < 4.78 is 0. The number of aliphatic carboxylic acids is 1. The summed E-state index contributed by atoms with van der Waals surface area (Å²) in [4.78, 5) is 33.6. The molecule has 0 saturated heterocycles. The molecule has 0 spiro atoms. The van der Waals surface area contributed by atoms with Crippen molar-refractivity contribution in [2.24, 2.45) is 5.92 Å². The number of hydrogen-bond donors (Lipinski definition) is 3. The lowest BCUT2D eigenvalue weighted by molar-refractivity contribution is -0.137. The standard InChI is InChI=1S/C14H24N2O4/c1-14(2,8-7-12(18)19)16-11(17)4-3-9-15-13(20)10-5-6-10/h10H,3-9H2,1-2H3,(H,15,20)(H,16,17)(H,18,19). The van der Waals surface area contributed by atoms with Crippen molar-refractivity contribution in [2.45, 2.75) is 57.9 Å². The first-order valence-electron chi connectivity index (χ1n) is 7.11. The Morgan fingerprint density at radius 3 is 2.40 bits per heavy atom. The smallest absolute Gasteiger partial charge is 0.303 e. The molecule has 1 aliphatic rings. The highest BCUT2D eigenvalue weighted by Crippen LogP contribution is 2.28. The molecule has 2 amide bonds. The van der Waals surface area contributed by atoms with Crippen molar-refractivity contribution in [1.82, 2.24) is 10.6 Å². The van der Waals surface area contributed by atoms with Crippen molar-refractivity contribution in [3.05, 3.63) is 0 Å². The maximum atomic E-state index is 11.7. The van der Waals surface area contributed by atoms with Gasteiger partial charge in [-0.1, -0.05) is 0 Å². The first-order valence-corrected chi connectivity index (χ1v) is 7.11. The normalized spacial score (nSPS) is 14.7. The number of carbonyl (C=O) groups excluding carboxylic acids is 2. The third kappa shape index (κ3) is 7.11. The van der Waals surface area contributed by atoms with Gasteiger partial charge in [-0.3, -0.25) is 14.4 Å². The van der Waals surface area contributed by atoms with Gasteiger partial charge in [0.05, 0.1) is 0 Å². The molecular formula is C14H24N2O4. The summed E-state index contributed by atoms with van der Waals surface area (Å²) in [6, 6.07) is 0. The quantitative estimate of drug-likeness (QED) is 0.551. The Morgan fingerprint density at radius 2 is 1.85 bits per heavy atom. The zero-order chi connectivity index (χ0) is 15.2. The van der Waals surface area contributed by atoms with E-state index in [-0.39, 0.29) is 24.2 Å². The minimum Gasteiger partial charge on any atom is -0.481 e. The fraction of sp³-hybridized carbons (Fsp3) is 0.786. The van der Waals surface area contributed by atoms with E-state index < -0.39 is 11.5 Å². The molecule has 1 rings (SSSR count). The lowest BCUT2D eigenvalue weighted by Gasteiger charge is -2.25. The molecule has 0 heterocycles. The van der Waals surface area contributed by atoms with Gasteiger partial charge in [0.2, 0.25) is 11.8 Å². The molecular weight excluding hydrogens is 260 g/mol. The average Bonchev–Trinajstić information content (AvgIpc) is 3.15. The van der Waals surface area contributed by atoms with Crippen LogP contribution in [0.15, 0.2) is 0 Å². The predicted molar refractivity (Wildman–Crippen MR) is 74.1 cm³/mol. The number of carboxylic acid groups (broad SMARTS) is 1. The Bertz CT molecular complexity index is 375. The monoisotopic (exact) mass is 284 g/mol. The van der Waals surface area contributed by atoms with Gasteiger partial charge in [-0.15, -0.1) is 0 Å². The van der Waals surface area contributed by atoms with Crippen LogP contribution < -0.4 is 10.6 Å². The summed E-state index contributed by atoms with van der Waals surface area (Å²) in [6.07, 6.45) is 3.31. The number of rotatable bonds is 9. The van der Waals surface area contributed by atoms with E-state index in [0.29, 0.717) is 25.8 Å². The van der Waals surface area contributed by atoms with E-state index in [9.17, 15) is 14.4 Å². The average molecular weight is 284 g/mol. The maximum absolute atomic E-state index is 11.7. The van der Waals surface area contributed by atoms with Crippen LogP contribution in [0.4, 0.5) is 0 Å². The number of hydrogen-bond acceptors (Lipinski definition) is 3. The van der Waals surface area contributed by atoms with Gasteiger partial charge >= 0.3 is 5.97 Å². The van der Waals surface area contributed by atoms with E-state index in [0.717, 1.165) is 12.8 Å². The van der Waals surface area contributed by atoms with Crippen LogP contribution in [0, 0.1) is 5.92 Å². The third-order valence-electron chi connectivity index (χ3n) is 3.27. The molecule has 6 heteroatoms. The van der Waals surface area contributed by atoms with Crippen molar-refractivity contribution in [3.8, 4) is 0 Å². The summed E-state index contributed by atoms with van der Waals surface area (Å²) in [6.45, 7) is 4.13. The number of nitrogens with one attached hydrogen (secondary N) is 2. The first kappa shape index (κ1) is 16.5. The third-order valence-corrected chi connectivity index (χ3v) is 3.27. The molecule has 0 aromatic carbocycles. The van der Waals surface area contributed by atoms with E-state index in [1.165, 1.54) is 0 Å². The lowest BCUT2D eigenvalue weighted by atomic mass is 9.98. The molecule has 0 unspecified atom stereocenters. The van der Waals surface area contributed by atoms with Gasteiger partial charge in [-0.2, -0.15) is 0 Å². The molecule has 0 aromatic rings. The van der Waals surface area contributed by atoms with Crippen LogP contribution >= 0.6 is 0 Å². The van der Waals surface area contributed by atoms with Crippen molar-refractivity contribution in [3.63, 3.8) is 0 Å². The van der Waals surface area contributed by atoms with Gasteiger partial charge in [0.1, 0.15) is 0 Å². The van der Waals surface area contributed by atoms with Crippen LogP contribution in [-0.4, -0.2) is 35.0 Å². The Morgan fingerprint density at radius 1 is 1.20 bits per heavy atom. The highest BCUT2D eigenvalue weighted by molar-refractivity contribution is 5.81. The minimum absolute atomic E-state index is 0.0325. The summed E-state index contributed by atoms with van der Waals surface area (Å²) in [5.41, 5.74) is -0.521. The molecule has 1 aliphatic carbocycles. The largest absolute Gasteiger partial charge is 0.481 e. The Hall–Kier alpha value is -1.59. The number of carboxylic acids is 1. The Labute approximate surface area is 119 Å². The predicted octanol–water partition coefficient (Wildman–Crippen LogP) is 1.05. The molecule has 1 saturated carbocycles. The van der Waals surface area contributed by atoms with Gasteiger partial charge in [0.25, 0.3) is 0 Å². The first-order chi connectivity index (χ1) is 9.30. The summed E-state index contributed by atoms with van der Waals surface area (Å²) >= 11 is 0. The highest BCUT2D eigenvalue weighted by atomic mass is 16.4. The maximum Gasteiger partial charge on any atom is 0.303 e. The lowest BCUT2D eigenvalue weighted by Crippen LogP contribution is -2.43. The zero-order valence-electron chi connectivity index (χ0n) is 12.2. The van der Waals surface area contributed by atoms with Crippen LogP contribution in [0.1, 0.15) is 52.4 Å². The number of carbonyl (C=O) groups is 3. The van der Waals surface area contributed by atoms with Crippen LogP contribution in [0.25, 0.3) is 0 Å². The second-order valence-corrected chi connectivity index (χ2v) is 5.99. The Balaban J connectivity index is 2.11. The molecule has 6 nitrogen and oxygen atoms in total. The summed E-state index contributed by atoms with van der Waals surface area (Å²) in [5.74, 6) is -0.692. The van der Waals surface area contributed by atoms with Gasteiger partial charge < -0.3 is 15.7 Å². The molecule has 0 aliphatic heterocycles. The van der Waals surface area contributed by atoms with Gasteiger partial charge in [0, 0.05) is 30.8 Å². The van der Waals surface area contributed by atoms with E-state index >= 15 is 0 Å². The Kier molecular flexibility index (Phi) is 5.98. The second kappa shape index (κ2) is 7.26. The molecule has 114 valence electrons. The molecule has 1 fully saturated rings. The second-order valence-electron chi connectivity index (χ2n) is 5.99. The van der Waals surface area contributed by atoms with E-state index in [2.05, 4.69) is 10.6 Å². The van der Waals surface area contributed by atoms with E-state index in [1.807, 2.05) is 13.8 Å². The molecule has 3 N–H and O–H groups in total. The fourth-order valence-electron chi connectivity index (χ4n) is 1.87. The van der Waals surface area contributed by atoms with Gasteiger partial charge in [-0.25, -0.2) is 0 Å². The van der Waals surface area contributed by atoms with Crippen LogP contribution in [-0.2, 0) is 14.4 Å². The van der Waals surface area contributed by atoms with Crippen molar-refractivity contribution >= 4 is 17.8 Å². The van der Waals surface area contributed by atoms with E-state index in [1.54, 1.807) is 0 Å². The van der Waals surface area contributed by atoms with E-state index in [4.69, 9.17) is 5.11 Å². The summed E-state index contributed by atoms with van der Waals surface area (Å²) in [7, 11) is 0. The molecule has 0 bridgehead atoms. The summed E-state index contributed by atoms with van der Waals surface area (Å²) in [5, 5.41) is 14.3. The zero-order valence-corrected chi connectivity index (χ0v) is 12.2. The molecule has 0 radical (unpaired) electrons. The van der Waals surface area contributed by atoms with Crippen LogP contribution in [0.3, 0.4) is 0 Å². The fourth-order valence-corrected chi connectivity index (χ4v) is 1.87. The molecule has 20 heavy (non-hydrogen) atoms. The minimum atomic E-state index is -0.866. The molecule has 0 aromatic heterocycles. The topological polar surface area (TPSA) is 95.5 Å². The highest BCUT2D eigenvalue weighted by Gasteiger charge is 2.29. The van der Waals surface area contributed by atoms with Gasteiger partial charge in [0.15, 0.2) is 0 Å². The SMILES string of the molecule is CC(C)(CCC(=O)O)NC(=O)CCCNC(=O)C1CC1. The van der Waals surface area contributed by atoms with Crippen molar-refractivity contribution in [2.75, 3.05) is 6.54 Å². The van der Waals surface area contributed by atoms with Crippen LogP contribution in [0.2, 0.25) is 0 Å². The van der Waals surface area contributed by atoms with Crippen molar-refractivity contribution in [1.29, 1.82) is 0 Å². The van der Waals surface area contributed by atoms with Crippen LogP contribution in [0.5, 0.6) is 0 Å².